The summed E-state index contributed by atoms with van der Waals surface area (Å²) in [5.74, 6) is -0.552. The maximum absolute atomic E-state index is 10.5. The molecule has 3 N–H and O–H groups in total. The van der Waals surface area contributed by atoms with Crippen LogP contribution < -0.4 is 11.2 Å². The molecular weight excluding hydrogens is 192 g/mol. The van der Waals surface area contributed by atoms with Gasteiger partial charge in [-0.2, -0.15) is 5.48 Å². The fourth-order valence-corrected chi connectivity index (χ4v) is 0.908. The van der Waals surface area contributed by atoms with Gasteiger partial charge in [-0.05, 0) is 19.4 Å². The number of rotatable bonds is 8. The topological polar surface area (TPSA) is 64.3 Å². The van der Waals surface area contributed by atoms with Gasteiger partial charge in [0, 0.05) is 6.54 Å². The molecule has 4 nitrogen and oxygen atoms in total. The van der Waals surface area contributed by atoms with E-state index in [1.165, 1.54) is 0 Å². The second kappa shape index (κ2) is 9.77. The van der Waals surface area contributed by atoms with Crippen molar-refractivity contribution in [2.45, 2.75) is 25.7 Å². The molecule has 0 saturated carbocycles. The summed E-state index contributed by atoms with van der Waals surface area (Å²) in [5, 5.41) is 0. The van der Waals surface area contributed by atoms with Crippen molar-refractivity contribution >= 4 is 17.6 Å². The number of carbonyl (C=O) groups is 1. The molecule has 0 fully saturated rings. The maximum atomic E-state index is 10.5. The molecule has 0 atom stereocenters. The number of nitrogens with one attached hydrogen (secondary N) is 1. The van der Waals surface area contributed by atoms with Crippen LogP contribution in [0.25, 0.3) is 0 Å². The maximum Gasteiger partial charge on any atom is 0.339 e. The first-order chi connectivity index (χ1) is 6.31. The molecule has 13 heavy (non-hydrogen) atoms. The van der Waals surface area contributed by atoms with Crippen molar-refractivity contribution in [2.24, 2.45) is 5.73 Å². The van der Waals surface area contributed by atoms with Gasteiger partial charge in [0.05, 0.1) is 0 Å². The predicted octanol–water partition coefficient (Wildman–Crippen LogP) is 0.792. The molecule has 0 saturated heterocycles. The van der Waals surface area contributed by atoms with E-state index in [-0.39, 0.29) is 5.88 Å². The zero-order valence-corrected chi connectivity index (χ0v) is 8.48. The van der Waals surface area contributed by atoms with Crippen molar-refractivity contribution in [3.63, 3.8) is 0 Å². The van der Waals surface area contributed by atoms with Crippen molar-refractivity contribution in [1.29, 1.82) is 0 Å². The summed E-state index contributed by atoms with van der Waals surface area (Å²) < 4.78 is 0. The van der Waals surface area contributed by atoms with E-state index in [0.29, 0.717) is 6.54 Å². The molecule has 0 spiro atoms. The highest BCUT2D eigenvalue weighted by molar-refractivity contribution is 6.26. The van der Waals surface area contributed by atoms with Crippen LogP contribution in [0, 0.1) is 0 Å². The van der Waals surface area contributed by atoms with Crippen molar-refractivity contribution in [2.75, 3.05) is 19.0 Å². The normalized spacial score (nSPS) is 10.0. The van der Waals surface area contributed by atoms with E-state index in [1.807, 2.05) is 0 Å². The third kappa shape index (κ3) is 9.60. The summed E-state index contributed by atoms with van der Waals surface area (Å²) in [6.07, 6.45) is 4.27. The Kier molecular flexibility index (Phi) is 9.53. The minimum atomic E-state index is -0.441. The van der Waals surface area contributed by atoms with Crippen LogP contribution >= 0.6 is 11.6 Å². The van der Waals surface area contributed by atoms with E-state index >= 15 is 0 Å². The van der Waals surface area contributed by atoms with E-state index in [4.69, 9.17) is 17.3 Å². The molecule has 0 rings (SSSR count). The Bertz CT molecular complexity index is 133. The lowest BCUT2D eigenvalue weighted by Crippen LogP contribution is -2.21. The Morgan fingerprint density at radius 2 is 2.00 bits per heavy atom. The monoisotopic (exact) mass is 208 g/mol. The fourth-order valence-electron chi connectivity index (χ4n) is 0.854. The second-order valence-electron chi connectivity index (χ2n) is 2.70. The molecule has 0 aromatic heterocycles. The molecule has 5 heteroatoms. The summed E-state index contributed by atoms with van der Waals surface area (Å²) in [7, 11) is 0. The van der Waals surface area contributed by atoms with E-state index in [1.54, 1.807) is 0 Å². The largest absolute Gasteiger partial charge is 0.370 e. The van der Waals surface area contributed by atoms with Crippen LogP contribution in [0.4, 0.5) is 0 Å². The Labute approximate surface area is 83.7 Å². The number of hydrogen-bond donors (Lipinski definition) is 2. The highest BCUT2D eigenvalue weighted by atomic mass is 35.5. The summed E-state index contributed by atoms with van der Waals surface area (Å²) >= 11 is 5.20. The summed E-state index contributed by atoms with van der Waals surface area (Å²) in [6.45, 7) is 1.42. The zero-order valence-electron chi connectivity index (χ0n) is 7.72. The Morgan fingerprint density at radius 1 is 1.31 bits per heavy atom. The standard InChI is InChI=1S/C8H17ClN2O2/c9-7-8(12)13-11-6-4-2-1-3-5-10/h11H,1-7,10H2. The number of alkyl halides is 1. The van der Waals surface area contributed by atoms with Crippen LogP contribution in [0.15, 0.2) is 0 Å². The van der Waals surface area contributed by atoms with Gasteiger partial charge in [0.1, 0.15) is 5.88 Å². The van der Waals surface area contributed by atoms with Gasteiger partial charge >= 0.3 is 5.97 Å². The molecule has 0 heterocycles. The molecule has 0 aromatic rings. The first kappa shape index (κ1) is 12.7. The predicted molar refractivity (Wildman–Crippen MR) is 52.3 cm³/mol. The highest BCUT2D eigenvalue weighted by Crippen LogP contribution is 1.96. The van der Waals surface area contributed by atoms with Crippen molar-refractivity contribution in [3.8, 4) is 0 Å². The summed E-state index contributed by atoms with van der Waals surface area (Å²) in [6, 6.07) is 0. The molecule has 0 amide bonds. The lowest BCUT2D eigenvalue weighted by atomic mass is 10.2. The van der Waals surface area contributed by atoms with Gasteiger partial charge in [-0.3, -0.25) is 0 Å². The van der Waals surface area contributed by atoms with Crippen LogP contribution in [-0.2, 0) is 9.63 Å². The number of carbonyl (C=O) groups excluding carboxylic acids is 1. The van der Waals surface area contributed by atoms with Crippen LogP contribution in [-0.4, -0.2) is 24.9 Å². The van der Waals surface area contributed by atoms with Gasteiger partial charge in [-0.15, -0.1) is 11.6 Å². The summed E-state index contributed by atoms with van der Waals surface area (Å²) in [4.78, 5) is 15.1. The average Bonchev–Trinajstić information content (AvgIpc) is 2.16. The number of nitrogens with two attached hydrogens (primary N) is 1. The third-order valence-corrected chi connectivity index (χ3v) is 1.75. The van der Waals surface area contributed by atoms with Gasteiger partial charge in [0.25, 0.3) is 0 Å². The minimum absolute atomic E-state index is 0.111. The van der Waals surface area contributed by atoms with Crippen LogP contribution in [0.5, 0.6) is 0 Å². The number of hydroxylamine groups is 1. The number of halogens is 1. The Balaban J connectivity index is 2.95. The molecule has 0 radical (unpaired) electrons. The second-order valence-corrected chi connectivity index (χ2v) is 2.97. The first-order valence-corrected chi connectivity index (χ1v) is 5.03. The minimum Gasteiger partial charge on any atom is -0.370 e. The van der Waals surface area contributed by atoms with Crippen LogP contribution in [0.3, 0.4) is 0 Å². The van der Waals surface area contributed by atoms with Gasteiger partial charge in [0.2, 0.25) is 0 Å². The molecule has 0 aliphatic carbocycles. The van der Waals surface area contributed by atoms with Gasteiger partial charge in [-0.25, -0.2) is 4.79 Å². The number of unbranched alkanes of at least 4 members (excludes halogenated alkanes) is 3. The van der Waals surface area contributed by atoms with E-state index < -0.39 is 5.97 Å². The van der Waals surface area contributed by atoms with Gasteiger partial charge in [-0.1, -0.05) is 12.8 Å². The first-order valence-electron chi connectivity index (χ1n) is 4.49. The molecule has 0 aromatic carbocycles. The molecule has 0 aliphatic heterocycles. The molecular formula is C8H17ClN2O2. The molecule has 0 aliphatic rings. The van der Waals surface area contributed by atoms with Crippen molar-refractivity contribution < 1.29 is 9.63 Å². The molecule has 0 bridgehead atoms. The SMILES string of the molecule is NCCCCCCNOC(=O)CCl. The molecule has 0 unspecified atom stereocenters. The summed E-state index contributed by atoms with van der Waals surface area (Å²) in [5.41, 5.74) is 7.88. The fraction of sp³-hybridized carbons (Fsp3) is 0.875. The smallest absolute Gasteiger partial charge is 0.339 e. The number of hydrogen-bond acceptors (Lipinski definition) is 4. The lowest BCUT2D eigenvalue weighted by molar-refractivity contribution is -0.147. The third-order valence-electron chi connectivity index (χ3n) is 1.53. The highest BCUT2D eigenvalue weighted by Gasteiger charge is 1.97. The van der Waals surface area contributed by atoms with Crippen LogP contribution in [0.2, 0.25) is 0 Å². The quantitative estimate of drug-likeness (QED) is 0.352. The Hall–Kier alpha value is -0.320. The van der Waals surface area contributed by atoms with Crippen LogP contribution in [0.1, 0.15) is 25.7 Å². The van der Waals surface area contributed by atoms with E-state index in [0.717, 1.165) is 32.2 Å². The van der Waals surface area contributed by atoms with E-state index in [2.05, 4.69) is 10.3 Å². The van der Waals surface area contributed by atoms with Gasteiger partial charge < -0.3 is 10.6 Å². The average molecular weight is 209 g/mol. The van der Waals surface area contributed by atoms with Crippen molar-refractivity contribution in [1.82, 2.24) is 5.48 Å². The van der Waals surface area contributed by atoms with Gasteiger partial charge in [0.15, 0.2) is 0 Å². The Morgan fingerprint density at radius 3 is 2.62 bits per heavy atom. The zero-order chi connectivity index (χ0) is 9.94. The molecule has 78 valence electrons. The van der Waals surface area contributed by atoms with Crippen molar-refractivity contribution in [3.05, 3.63) is 0 Å². The van der Waals surface area contributed by atoms with E-state index in [9.17, 15) is 4.79 Å². The lowest BCUT2D eigenvalue weighted by Gasteiger charge is -2.03.